The van der Waals surface area contributed by atoms with Gasteiger partial charge in [0.25, 0.3) is 5.91 Å². The topological polar surface area (TPSA) is 87.5 Å². The Hall–Kier alpha value is -2.60. The van der Waals surface area contributed by atoms with Crippen LogP contribution in [0.3, 0.4) is 0 Å². The Balaban J connectivity index is 2.03. The third-order valence-electron chi connectivity index (χ3n) is 3.05. The number of benzene rings is 1. The summed E-state index contributed by atoms with van der Waals surface area (Å²) in [6.07, 6.45) is 1.48. The molecule has 4 N–H and O–H groups in total. The zero-order valence-corrected chi connectivity index (χ0v) is 10.0. The van der Waals surface area contributed by atoms with E-state index in [4.69, 9.17) is 5.73 Å². The molecule has 2 aliphatic rings. The Bertz CT molecular complexity index is 619. The Morgan fingerprint density at radius 1 is 1.26 bits per heavy atom. The molecular weight excluding hydrogens is 244 g/mol. The van der Waals surface area contributed by atoms with Crippen molar-refractivity contribution in [2.24, 2.45) is 5.73 Å². The molecule has 0 atom stereocenters. The van der Waals surface area contributed by atoms with Crippen LogP contribution in [-0.2, 0) is 9.59 Å². The van der Waals surface area contributed by atoms with Crippen LogP contribution in [0, 0.1) is 0 Å². The van der Waals surface area contributed by atoms with Crippen molar-refractivity contribution in [1.29, 1.82) is 0 Å². The first-order chi connectivity index (χ1) is 9.16. The van der Waals surface area contributed by atoms with Crippen molar-refractivity contribution >= 4 is 17.5 Å². The number of nitrogens with zero attached hydrogens (tertiary/aromatic N) is 1. The number of primary amides is 1. The first-order valence-electron chi connectivity index (χ1n) is 5.81. The molecule has 0 saturated heterocycles. The summed E-state index contributed by atoms with van der Waals surface area (Å²) in [5.41, 5.74) is 10.0. The van der Waals surface area contributed by atoms with Crippen molar-refractivity contribution in [2.75, 3.05) is 6.54 Å². The molecule has 2 amide bonds. The molecule has 3 rings (SSSR count). The molecule has 0 aliphatic carbocycles. The smallest absolute Gasteiger partial charge is 0.268 e. The molecule has 0 radical (unpaired) electrons. The van der Waals surface area contributed by atoms with Crippen molar-refractivity contribution in [3.05, 3.63) is 53.4 Å². The number of nitrogens with one attached hydrogen (secondary N) is 2. The Morgan fingerprint density at radius 2 is 2.00 bits per heavy atom. The molecule has 1 aromatic carbocycles. The maximum Gasteiger partial charge on any atom is 0.268 e. The fourth-order valence-corrected chi connectivity index (χ4v) is 2.10. The lowest BCUT2D eigenvalue weighted by Gasteiger charge is -2.26. The average Bonchev–Trinajstić information content (AvgIpc) is 2.84. The van der Waals surface area contributed by atoms with Gasteiger partial charge in [-0.25, -0.2) is 10.4 Å². The molecule has 6 heteroatoms. The van der Waals surface area contributed by atoms with Crippen LogP contribution in [0.25, 0.3) is 5.70 Å². The predicted molar refractivity (Wildman–Crippen MR) is 68.6 cm³/mol. The van der Waals surface area contributed by atoms with Gasteiger partial charge in [-0.3, -0.25) is 9.59 Å². The second-order valence-electron chi connectivity index (χ2n) is 4.25. The van der Waals surface area contributed by atoms with E-state index in [0.717, 1.165) is 5.56 Å². The first-order valence-corrected chi connectivity index (χ1v) is 5.81. The third-order valence-corrected chi connectivity index (χ3v) is 3.05. The molecule has 0 aromatic heterocycles. The molecule has 0 bridgehead atoms. The van der Waals surface area contributed by atoms with Gasteiger partial charge in [0.05, 0.1) is 11.3 Å². The van der Waals surface area contributed by atoms with E-state index in [1.54, 1.807) is 0 Å². The summed E-state index contributed by atoms with van der Waals surface area (Å²) >= 11 is 0. The maximum atomic E-state index is 12.0. The number of carbonyl (C=O) groups excluding carboxylic acids is 2. The Labute approximate surface area is 109 Å². The highest BCUT2D eigenvalue weighted by Crippen LogP contribution is 2.23. The van der Waals surface area contributed by atoms with Gasteiger partial charge < -0.3 is 11.1 Å². The summed E-state index contributed by atoms with van der Waals surface area (Å²) in [5.74, 6) is -0.359. The molecule has 1 aromatic rings. The maximum absolute atomic E-state index is 12.0. The zero-order valence-electron chi connectivity index (χ0n) is 10.0. The van der Waals surface area contributed by atoms with Crippen molar-refractivity contribution in [2.45, 2.75) is 0 Å². The van der Waals surface area contributed by atoms with Crippen molar-refractivity contribution in [1.82, 2.24) is 15.8 Å². The molecule has 0 fully saturated rings. The number of nitrogens with two attached hydrogens (primary N) is 1. The number of fused-ring (bicyclic) bond motifs is 1. The standard InChI is InChI=1S/C13H12N4O2/c14-12(19)9-7-15-17-11(18)6-10(16-13(9)17)8-4-2-1-3-5-8/h1-6,15-16H,7H2,(H2,14,19). The van der Waals surface area contributed by atoms with Gasteiger partial charge in [0.1, 0.15) is 5.82 Å². The van der Waals surface area contributed by atoms with E-state index in [9.17, 15) is 9.59 Å². The molecule has 0 unspecified atom stereocenters. The number of hydrogen-bond acceptors (Lipinski definition) is 4. The van der Waals surface area contributed by atoms with Gasteiger partial charge in [-0.05, 0) is 5.56 Å². The summed E-state index contributed by atoms with van der Waals surface area (Å²) in [5, 5.41) is 4.37. The molecule has 0 spiro atoms. The van der Waals surface area contributed by atoms with Crippen LogP contribution in [0.2, 0.25) is 0 Å². The largest absolute Gasteiger partial charge is 0.366 e. The zero-order chi connectivity index (χ0) is 13.4. The van der Waals surface area contributed by atoms with Gasteiger partial charge in [-0.1, -0.05) is 30.3 Å². The van der Waals surface area contributed by atoms with Crippen molar-refractivity contribution < 1.29 is 9.59 Å². The van der Waals surface area contributed by atoms with E-state index < -0.39 is 5.91 Å². The molecule has 96 valence electrons. The lowest BCUT2D eigenvalue weighted by atomic mass is 10.1. The van der Waals surface area contributed by atoms with Gasteiger partial charge in [0.15, 0.2) is 0 Å². The van der Waals surface area contributed by atoms with E-state index in [-0.39, 0.29) is 12.5 Å². The lowest BCUT2D eigenvalue weighted by Crippen LogP contribution is -2.43. The first kappa shape index (κ1) is 11.5. The second kappa shape index (κ2) is 4.25. The van der Waals surface area contributed by atoms with E-state index >= 15 is 0 Å². The van der Waals surface area contributed by atoms with Gasteiger partial charge >= 0.3 is 0 Å². The summed E-state index contributed by atoms with van der Waals surface area (Å²) in [4.78, 5) is 23.3. The molecule has 2 heterocycles. The number of hydrazine groups is 1. The van der Waals surface area contributed by atoms with E-state index in [1.807, 2.05) is 30.3 Å². The highest BCUT2D eigenvalue weighted by Gasteiger charge is 2.33. The second-order valence-corrected chi connectivity index (χ2v) is 4.25. The number of hydrogen-bond donors (Lipinski definition) is 3. The van der Waals surface area contributed by atoms with Gasteiger partial charge in [0, 0.05) is 12.6 Å². The van der Waals surface area contributed by atoms with Crippen molar-refractivity contribution in [3.63, 3.8) is 0 Å². The predicted octanol–water partition coefficient (Wildman–Crippen LogP) is -0.326. The molecule has 19 heavy (non-hydrogen) atoms. The summed E-state index contributed by atoms with van der Waals surface area (Å²) in [6.45, 7) is 0.249. The minimum absolute atomic E-state index is 0.233. The molecule has 2 aliphatic heterocycles. The van der Waals surface area contributed by atoms with E-state index in [0.29, 0.717) is 17.1 Å². The van der Waals surface area contributed by atoms with E-state index in [1.165, 1.54) is 11.1 Å². The van der Waals surface area contributed by atoms with Crippen LogP contribution in [0.4, 0.5) is 0 Å². The highest BCUT2D eigenvalue weighted by atomic mass is 16.2. The van der Waals surface area contributed by atoms with Gasteiger partial charge in [-0.2, -0.15) is 0 Å². The monoisotopic (exact) mass is 256 g/mol. The fraction of sp³-hybridized carbons (Fsp3) is 0.0769. The molecule has 6 nitrogen and oxygen atoms in total. The summed E-state index contributed by atoms with van der Waals surface area (Å²) < 4.78 is 0. The van der Waals surface area contributed by atoms with Crippen LogP contribution >= 0.6 is 0 Å². The average molecular weight is 256 g/mol. The molecule has 0 saturated carbocycles. The minimum Gasteiger partial charge on any atom is -0.366 e. The van der Waals surface area contributed by atoms with E-state index in [2.05, 4.69) is 10.7 Å². The summed E-state index contributed by atoms with van der Waals surface area (Å²) in [6, 6.07) is 9.42. The summed E-state index contributed by atoms with van der Waals surface area (Å²) in [7, 11) is 0. The lowest BCUT2D eigenvalue weighted by molar-refractivity contribution is -0.126. The van der Waals surface area contributed by atoms with Gasteiger partial charge in [-0.15, -0.1) is 0 Å². The van der Waals surface area contributed by atoms with Crippen LogP contribution in [0.1, 0.15) is 5.56 Å². The number of amides is 2. The number of rotatable bonds is 2. The third kappa shape index (κ3) is 1.88. The Morgan fingerprint density at radius 3 is 2.68 bits per heavy atom. The van der Waals surface area contributed by atoms with Crippen LogP contribution in [0.15, 0.2) is 47.8 Å². The van der Waals surface area contributed by atoms with Crippen LogP contribution < -0.4 is 16.5 Å². The quantitative estimate of drug-likeness (QED) is 0.676. The number of carbonyl (C=O) groups is 2. The normalized spacial score (nSPS) is 18.0. The van der Waals surface area contributed by atoms with Gasteiger partial charge in [0.2, 0.25) is 5.91 Å². The SMILES string of the molecule is NC(=O)C1=C2NC(c3ccccc3)=CC(=O)N2NC1. The molecular formula is C13H12N4O2. The van der Waals surface area contributed by atoms with Crippen molar-refractivity contribution in [3.8, 4) is 0 Å². The fourth-order valence-electron chi connectivity index (χ4n) is 2.10. The highest BCUT2D eigenvalue weighted by molar-refractivity contribution is 6.01. The van der Waals surface area contributed by atoms with Crippen LogP contribution in [-0.4, -0.2) is 23.4 Å². The minimum atomic E-state index is -0.542. The Kier molecular flexibility index (Phi) is 2.57. The van der Waals surface area contributed by atoms with Crippen LogP contribution in [0.5, 0.6) is 0 Å².